The van der Waals surface area contributed by atoms with Crippen LogP contribution in [0.2, 0.25) is 10.0 Å². The van der Waals surface area contributed by atoms with Crippen LogP contribution in [0.1, 0.15) is 39.6 Å². The van der Waals surface area contributed by atoms with Crippen molar-refractivity contribution in [3.63, 3.8) is 0 Å². The van der Waals surface area contributed by atoms with Gasteiger partial charge in [0.2, 0.25) is 0 Å². The van der Waals surface area contributed by atoms with Crippen molar-refractivity contribution in [2.45, 2.75) is 19.9 Å². The van der Waals surface area contributed by atoms with E-state index in [9.17, 15) is 9.59 Å². The van der Waals surface area contributed by atoms with Crippen molar-refractivity contribution >= 4 is 35.4 Å². The van der Waals surface area contributed by atoms with Gasteiger partial charge in [0, 0.05) is 22.7 Å². The topological polar surface area (TPSA) is 55.4 Å². The highest BCUT2D eigenvalue weighted by atomic mass is 35.5. The normalized spacial score (nSPS) is 10.5. The van der Waals surface area contributed by atoms with Gasteiger partial charge in [0.1, 0.15) is 12.0 Å². The van der Waals surface area contributed by atoms with Crippen LogP contribution in [0.4, 0.5) is 0 Å². The monoisotopic (exact) mass is 441 g/mol. The minimum absolute atomic E-state index is 0.262. The first-order valence-electron chi connectivity index (χ1n) is 9.56. The van der Waals surface area contributed by atoms with Gasteiger partial charge in [-0.1, -0.05) is 54.4 Å². The Morgan fingerprint density at radius 3 is 2.57 bits per heavy atom. The van der Waals surface area contributed by atoms with Gasteiger partial charge in [-0.3, -0.25) is 9.59 Å². The van der Waals surface area contributed by atoms with Gasteiger partial charge in [0.15, 0.2) is 0 Å². The molecule has 1 N–H and O–H groups in total. The summed E-state index contributed by atoms with van der Waals surface area (Å²) >= 11 is 12.0. The summed E-state index contributed by atoms with van der Waals surface area (Å²) in [6.45, 7) is 2.87. The number of rotatable bonds is 8. The molecule has 154 valence electrons. The highest BCUT2D eigenvalue weighted by Gasteiger charge is 2.13. The number of hydrogen-bond acceptors (Lipinski definition) is 3. The number of amides is 1. The molecular formula is C24H21Cl2NO3. The van der Waals surface area contributed by atoms with E-state index in [0.29, 0.717) is 33.5 Å². The molecule has 0 saturated heterocycles. The minimum atomic E-state index is -0.300. The number of ether oxygens (including phenoxy) is 1. The van der Waals surface area contributed by atoms with Crippen molar-refractivity contribution in [1.29, 1.82) is 0 Å². The van der Waals surface area contributed by atoms with E-state index in [-0.39, 0.29) is 12.5 Å². The van der Waals surface area contributed by atoms with Gasteiger partial charge < -0.3 is 10.1 Å². The van der Waals surface area contributed by atoms with Gasteiger partial charge in [-0.15, -0.1) is 0 Å². The van der Waals surface area contributed by atoms with Crippen molar-refractivity contribution in [2.24, 2.45) is 0 Å². The second-order valence-corrected chi connectivity index (χ2v) is 7.56. The van der Waals surface area contributed by atoms with Crippen LogP contribution in [0, 0.1) is 0 Å². The predicted molar refractivity (Wildman–Crippen MR) is 121 cm³/mol. The fraction of sp³-hybridized carbons (Fsp3) is 0.167. The van der Waals surface area contributed by atoms with Gasteiger partial charge in [0.25, 0.3) is 5.91 Å². The van der Waals surface area contributed by atoms with Crippen LogP contribution in [0.3, 0.4) is 0 Å². The molecule has 0 spiro atoms. The summed E-state index contributed by atoms with van der Waals surface area (Å²) in [6.07, 6.45) is 1.69. The van der Waals surface area contributed by atoms with Crippen LogP contribution in [-0.2, 0) is 6.54 Å². The first kappa shape index (κ1) is 21.9. The van der Waals surface area contributed by atoms with Crippen molar-refractivity contribution in [2.75, 3.05) is 6.61 Å². The molecule has 0 aliphatic heterocycles. The van der Waals surface area contributed by atoms with E-state index in [1.165, 1.54) is 6.07 Å². The Labute approximate surface area is 185 Å². The standard InChI is InChI=1S/C24H21Cl2NO3/c1-2-10-30-23-9-6-18(17-5-3-4-16(11-17)15-28)12-19(23)14-27-24(29)21-8-7-20(25)13-22(21)26/h3-9,11-13,15H,2,10,14H2,1H3,(H,27,29). The summed E-state index contributed by atoms with van der Waals surface area (Å²) in [4.78, 5) is 23.7. The summed E-state index contributed by atoms with van der Waals surface area (Å²) < 4.78 is 5.85. The second-order valence-electron chi connectivity index (χ2n) is 6.72. The zero-order valence-corrected chi connectivity index (χ0v) is 18.0. The SMILES string of the molecule is CCCOc1ccc(-c2cccc(C=O)c2)cc1CNC(=O)c1ccc(Cl)cc1Cl. The molecule has 0 bridgehead atoms. The van der Waals surface area contributed by atoms with Crippen molar-refractivity contribution in [3.05, 3.63) is 87.4 Å². The summed E-state index contributed by atoms with van der Waals surface area (Å²) in [5, 5.41) is 3.65. The summed E-state index contributed by atoms with van der Waals surface area (Å²) in [5.41, 5.74) is 3.63. The molecule has 0 atom stereocenters. The maximum Gasteiger partial charge on any atom is 0.253 e. The van der Waals surface area contributed by atoms with Crippen molar-refractivity contribution in [1.82, 2.24) is 5.32 Å². The Bertz CT molecular complexity index is 1070. The third-order valence-corrected chi connectivity index (χ3v) is 5.04. The van der Waals surface area contributed by atoms with E-state index < -0.39 is 0 Å². The highest BCUT2D eigenvalue weighted by Crippen LogP contribution is 2.28. The molecule has 0 fully saturated rings. The third kappa shape index (κ3) is 5.41. The van der Waals surface area contributed by atoms with Crippen LogP contribution >= 0.6 is 23.2 Å². The number of carbonyl (C=O) groups excluding carboxylic acids is 2. The predicted octanol–water partition coefficient (Wildman–Crippen LogP) is 6.19. The number of nitrogens with one attached hydrogen (secondary N) is 1. The summed E-state index contributed by atoms with van der Waals surface area (Å²) in [5.74, 6) is 0.404. The molecule has 0 aliphatic carbocycles. The number of hydrogen-bond donors (Lipinski definition) is 1. The van der Waals surface area contributed by atoms with Crippen LogP contribution in [-0.4, -0.2) is 18.8 Å². The number of aldehydes is 1. The van der Waals surface area contributed by atoms with E-state index >= 15 is 0 Å². The molecule has 0 radical (unpaired) electrons. The Balaban J connectivity index is 1.86. The highest BCUT2D eigenvalue weighted by molar-refractivity contribution is 6.36. The minimum Gasteiger partial charge on any atom is -0.493 e. The number of benzene rings is 3. The zero-order valence-electron chi connectivity index (χ0n) is 16.5. The van der Waals surface area contributed by atoms with E-state index in [2.05, 4.69) is 5.32 Å². The van der Waals surface area contributed by atoms with Crippen LogP contribution in [0.5, 0.6) is 5.75 Å². The Hall–Kier alpha value is -2.82. The second kappa shape index (κ2) is 10.3. The summed E-state index contributed by atoms with van der Waals surface area (Å²) in [7, 11) is 0. The lowest BCUT2D eigenvalue weighted by Gasteiger charge is -2.14. The van der Waals surface area contributed by atoms with Crippen LogP contribution in [0.25, 0.3) is 11.1 Å². The molecule has 6 heteroatoms. The largest absolute Gasteiger partial charge is 0.493 e. The number of halogens is 2. The van der Waals surface area contributed by atoms with Gasteiger partial charge in [-0.25, -0.2) is 0 Å². The molecule has 0 unspecified atom stereocenters. The smallest absolute Gasteiger partial charge is 0.253 e. The van der Waals surface area contributed by atoms with Gasteiger partial charge in [0.05, 0.1) is 17.2 Å². The fourth-order valence-corrected chi connectivity index (χ4v) is 3.48. The van der Waals surface area contributed by atoms with Gasteiger partial charge >= 0.3 is 0 Å². The fourth-order valence-electron chi connectivity index (χ4n) is 2.99. The molecule has 0 heterocycles. The molecule has 3 aromatic rings. The van der Waals surface area contributed by atoms with Crippen LogP contribution in [0.15, 0.2) is 60.7 Å². The average Bonchev–Trinajstić information content (AvgIpc) is 2.76. The van der Waals surface area contributed by atoms with Crippen molar-refractivity contribution in [3.8, 4) is 16.9 Å². The lowest BCUT2D eigenvalue weighted by atomic mass is 10.0. The third-order valence-electron chi connectivity index (χ3n) is 4.49. The lowest BCUT2D eigenvalue weighted by Crippen LogP contribution is -2.23. The first-order chi connectivity index (χ1) is 14.5. The molecule has 3 rings (SSSR count). The quantitative estimate of drug-likeness (QED) is 0.423. The Morgan fingerprint density at radius 1 is 1.03 bits per heavy atom. The summed E-state index contributed by atoms with van der Waals surface area (Å²) in [6, 6.07) is 17.9. The van der Waals surface area contributed by atoms with Gasteiger partial charge in [-0.2, -0.15) is 0 Å². The Morgan fingerprint density at radius 2 is 1.83 bits per heavy atom. The average molecular weight is 442 g/mol. The maximum atomic E-state index is 12.6. The molecule has 0 aliphatic rings. The maximum absolute atomic E-state index is 12.6. The molecule has 1 amide bonds. The van der Waals surface area contributed by atoms with E-state index in [1.807, 2.05) is 43.3 Å². The molecule has 4 nitrogen and oxygen atoms in total. The van der Waals surface area contributed by atoms with Crippen molar-refractivity contribution < 1.29 is 14.3 Å². The molecular weight excluding hydrogens is 421 g/mol. The molecule has 0 saturated carbocycles. The molecule has 3 aromatic carbocycles. The van der Waals surface area contributed by atoms with E-state index in [4.69, 9.17) is 27.9 Å². The van der Waals surface area contributed by atoms with Crippen LogP contribution < -0.4 is 10.1 Å². The zero-order chi connectivity index (χ0) is 21.5. The van der Waals surface area contributed by atoms with Gasteiger partial charge in [-0.05, 0) is 53.9 Å². The molecule has 0 aromatic heterocycles. The molecule has 30 heavy (non-hydrogen) atoms. The first-order valence-corrected chi connectivity index (χ1v) is 10.3. The van der Waals surface area contributed by atoms with E-state index in [0.717, 1.165) is 29.4 Å². The van der Waals surface area contributed by atoms with E-state index in [1.54, 1.807) is 18.2 Å². The Kier molecular flexibility index (Phi) is 7.50. The lowest BCUT2D eigenvalue weighted by molar-refractivity contribution is 0.0950. The number of carbonyl (C=O) groups is 2.